The van der Waals surface area contributed by atoms with Crippen molar-refractivity contribution in [3.8, 4) is 0 Å². The van der Waals surface area contributed by atoms with Crippen molar-refractivity contribution < 1.29 is 4.79 Å². The second kappa shape index (κ2) is 8.56. The number of carbonyl (C=O) groups is 1. The Hall–Kier alpha value is -2.32. The Bertz CT molecular complexity index is 1200. The summed E-state index contributed by atoms with van der Waals surface area (Å²) in [5.74, 6) is 0.249. The zero-order valence-electron chi connectivity index (χ0n) is 17.6. The number of aromatic nitrogens is 2. The van der Waals surface area contributed by atoms with Crippen LogP contribution in [-0.4, -0.2) is 39.7 Å². The smallest absolute Gasteiger partial charge is 0.263 e. The second-order valence-corrected chi connectivity index (χ2v) is 10.1. The summed E-state index contributed by atoms with van der Waals surface area (Å²) in [7, 11) is 2.14. The van der Waals surface area contributed by atoms with Crippen LogP contribution in [0.3, 0.4) is 0 Å². The summed E-state index contributed by atoms with van der Waals surface area (Å²) in [6.45, 7) is 3.95. The molecule has 3 heterocycles. The molecule has 0 saturated heterocycles. The molecule has 32 heavy (non-hydrogen) atoms. The Kier molecular flexibility index (Phi) is 5.75. The molecule has 2 aliphatic rings. The lowest BCUT2D eigenvalue weighted by molar-refractivity contribution is 0.0979. The van der Waals surface area contributed by atoms with Crippen LogP contribution in [-0.2, 0) is 13.0 Å². The van der Waals surface area contributed by atoms with E-state index in [0.717, 1.165) is 25.2 Å². The third-order valence-electron chi connectivity index (χ3n) is 5.69. The summed E-state index contributed by atoms with van der Waals surface area (Å²) in [5, 5.41) is 4.56. The van der Waals surface area contributed by atoms with E-state index < -0.39 is 0 Å². The van der Waals surface area contributed by atoms with E-state index >= 15 is 0 Å². The van der Waals surface area contributed by atoms with E-state index in [9.17, 15) is 4.79 Å². The number of carbonyl (C=O) groups excluding carboxylic acids is 1. The van der Waals surface area contributed by atoms with Crippen molar-refractivity contribution in [1.29, 1.82) is 0 Å². The molecule has 1 atom stereocenters. The Labute approximate surface area is 200 Å². The van der Waals surface area contributed by atoms with Gasteiger partial charge in [-0.25, -0.2) is 9.97 Å². The SMILES string of the molecule is CC1Sc2nc(Nc3ccc4c(c3)CCN(C)C4)ncc2C(=O)N1c1c(Cl)cccc1Cl. The standard InChI is InChI=1S/C23H21Cl2N5OS/c1-13-30(20-18(24)4-3-5-19(20)25)22(31)17-11-26-23(28-21(17)32-13)27-16-7-6-15-12-29(2)9-8-14(15)10-16/h3-7,10-11,13H,8-9,12H2,1-2H3,(H,26,27,28). The molecule has 3 aromatic rings. The van der Waals surface area contributed by atoms with Crippen LogP contribution in [0.15, 0.2) is 47.6 Å². The Morgan fingerprint density at radius 1 is 1.16 bits per heavy atom. The van der Waals surface area contributed by atoms with Gasteiger partial charge in [0.2, 0.25) is 5.95 Å². The number of benzene rings is 2. The fourth-order valence-electron chi connectivity index (χ4n) is 4.08. The Balaban J connectivity index is 1.42. The molecule has 1 N–H and O–H groups in total. The van der Waals surface area contributed by atoms with Gasteiger partial charge in [-0.2, -0.15) is 0 Å². The average molecular weight is 486 g/mol. The monoisotopic (exact) mass is 485 g/mol. The lowest BCUT2D eigenvalue weighted by atomic mass is 9.99. The van der Waals surface area contributed by atoms with Gasteiger partial charge in [-0.05, 0) is 55.8 Å². The first-order chi connectivity index (χ1) is 15.4. The summed E-state index contributed by atoms with van der Waals surface area (Å²) >= 11 is 14.2. The van der Waals surface area contributed by atoms with E-state index in [1.165, 1.54) is 22.9 Å². The molecule has 1 amide bonds. The zero-order chi connectivity index (χ0) is 22.4. The van der Waals surface area contributed by atoms with Gasteiger partial charge in [0.1, 0.15) is 5.03 Å². The maximum atomic E-state index is 13.3. The van der Waals surface area contributed by atoms with E-state index in [4.69, 9.17) is 23.2 Å². The number of likely N-dealkylation sites (N-methyl/N-ethyl adjacent to an activating group) is 1. The van der Waals surface area contributed by atoms with E-state index in [-0.39, 0.29) is 11.3 Å². The number of thioether (sulfide) groups is 1. The van der Waals surface area contributed by atoms with Crippen molar-refractivity contribution in [2.24, 2.45) is 0 Å². The lowest BCUT2D eigenvalue weighted by Gasteiger charge is -2.34. The largest absolute Gasteiger partial charge is 0.324 e. The Morgan fingerprint density at radius 3 is 2.72 bits per heavy atom. The van der Waals surface area contributed by atoms with E-state index in [1.807, 2.05) is 13.0 Å². The first-order valence-corrected chi connectivity index (χ1v) is 11.9. The van der Waals surface area contributed by atoms with Crippen LogP contribution < -0.4 is 10.2 Å². The molecule has 2 aliphatic heterocycles. The summed E-state index contributed by atoms with van der Waals surface area (Å²) < 4.78 is 0. The zero-order valence-corrected chi connectivity index (χ0v) is 19.9. The topological polar surface area (TPSA) is 61.4 Å². The van der Waals surface area contributed by atoms with Gasteiger partial charge in [0.25, 0.3) is 5.91 Å². The van der Waals surface area contributed by atoms with Crippen molar-refractivity contribution in [2.75, 3.05) is 23.8 Å². The number of hydrogen-bond acceptors (Lipinski definition) is 6. The van der Waals surface area contributed by atoms with E-state index in [2.05, 4.69) is 39.4 Å². The van der Waals surface area contributed by atoms with Gasteiger partial charge in [0.15, 0.2) is 0 Å². The predicted octanol–water partition coefficient (Wildman–Crippen LogP) is 5.61. The summed E-state index contributed by atoms with van der Waals surface area (Å²) in [6, 6.07) is 11.6. The van der Waals surface area contributed by atoms with Gasteiger partial charge >= 0.3 is 0 Å². The number of fused-ring (bicyclic) bond motifs is 2. The molecule has 9 heteroatoms. The minimum Gasteiger partial charge on any atom is -0.324 e. The number of anilines is 3. The van der Waals surface area contributed by atoms with Crippen molar-refractivity contribution in [1.82, 2.24) is 14.9 Å². The van der Waals surface area contributed by atoms with Crippen molar-refractivity contribution in [2.45, 2.75) is 30.3 Å². The average Bonchev–Trinajstić information content (AvgIpc) is 2.75. The fraction of sp³-hybridized carbons (Fsp3) is 0.261. The number of amides is 1. The molecule has 2 aromatic carbocycles. The van der Waals surface area contributed by atoms with E-state index in [0.29, 0.717) is 32.3 Å². The summed E-state index contributed by atoms with van der Waals surface area (Å²) in [5.41, 5.74) is 4.58. The van der Waals surface area contributed by atoms with Gasteiger partial charge in [0.05, 0.1) is 26.7 Å². The van der Waals surface area contributed by atoms with Crippen LogP contribution >= 0.6 is 35.0 Å². The fourth-order valence-corrected chi connectivity index (χ4v) is 5.69. The van der Waals surface area contributed by atoms with Gasteiger partial charge in [-0.15, -0.1) is 0 Å². The summed E-state index contributed by atoms with van der Waals surface area (Å²) in [6.07, 6.45) is 2.59. The molecule has 0 saturated carbocycles. The maximum Gasteiger partial charge on any atom is 0.263 e. The molecule has 0 fully saturated rings. The molecular weight excluding hydrogens is 465 g/mol. The van der Waals surface area contributed by atoms with Crippen molar-refractivity contribution in [3.05, 3.63) is 69.3 Å². The van der Waals surface area contributed by atoms with Crippen molar-refractivity contribution >= 4 is 58.2 Å². The highest BCUT2D eigenvalue weighted by Crippen LogP contribution is 2.42. The quantitative estimate of drug-likeness (QED) is 0.486. The number of para-hydroxylation sites is 1. The molecule has 6 nitrogen and oxygen atoms in total. The first-order valence-electron chi connectivity index (χ1n) is 10.3. The van der Waals surface area contributed by atoms with Gasteiger partial charge in [-0.3, -0.25) is 9.69 Å². The van der Waals surface area contributed by atoms with Crippen LogP contribution in [0.2, 0.25) is 10.0 Å². The Morgan fingerprint density at radius 2 is 1.94 bits per heavy atom. The molecule has 0 bridgehead atoms. The number of rotatable bonds is 3. The van der Waals surface area contributed by atoms with Gasteiger partial charge < -0.3 is 10.2 Å². The van der Waals surface area contributed by atoms with Crippen LogP contribution in [0.5, 0.6) is 0 Å². The number of nitrogens with one attached hydrogen (secondary N) is 1. The highest BCUT2D eigenvalue weighted by molar-refractivity contribution is 8.00. The minimum atomic E-state index is -0.226. The molecule has 0 aliphatic carbocycles. The molecular formula is C23H21Cl2N5OS. The third kappa shape index (κ3) is 3.94. The van der Waals surface area contributed by atoms with Gasteiger partial charge in [0, 0.05) is 25.0 Å². The number of hydrogen-bond donors (Lipinski definition) is 1. The minimum absolute atomic E-state index is 0.217. The molecule has 0 spiro atoms. The number of nitrogens with zero attached hydrogens (tertiary/aromatic N) is 4. The molecule has 164 valence electrons. The predicted molar refractivity (Wildman–Crippen MR) is 130 cm³/mol. The van der Waals surface area contributed by atoms with Crippen molar-refractivity contribution in [3.63, 3.8) is 0 Å². The molecule has 5 rings (SSSR count). The van der Waals surface area contributed by atoms with Crippen LogP contribution in [0.4, 0.5) is 17.3 Å². The second-order valence-electron chi connectivity index (χ2n) is 7.97. The molecule has 0 radical (unpaired) electrons. The third-order valence-corrected chi connectivity index (χ3v) is 7.39. The maximum absolute atomic E-state index is 13.3. The molecule has 1 aromatic heterocycles. The van der Waals surface area contributed by atoms with Crippen LogP contribution in [0.1, 0.15) is 28.4 Å². The normalized spacial score (nSPS) is 18.3. The summed E-state index contributed by atoms with van der Waals surface area (Å²) in [4.78, 5) is 26.2. The van der Waals surface area contributed by atoms with Crippen LogP contribution in [0, 0.1) is 0 Å². The first kappa shape index (κ1) is 21.5. The van der Waals surface area contributed by atoms with E-state index in [1.54, 1.807) is 29.3 Å². The highest BCUT2D eigenvalue weighted by Gasteiger charge is 2.35. The number of halogens is 2. The highest BCUT2D eigenvalue weighted by atomic mass is 35.5. The van der Waals surface area contributed by atoms with Gasteiger partial charge in [-0.1, -0.05) is 47.1 Å². The lowest BCUT2D eigenvalue weighted by Crippen LogP contribution is -2.41. The molecule has 1 unspecified atom stereocenters. The van der Waals surface area contributed by atoms with Crippen LogP contribution in [0.25, 0.3) is 0 Å².